The number of carbonyl (C=O) groups excluding carboxylic acids is 2. The number of methoxy groups -OCH3 is 1. The van der Waals surface area contributed by atoms with Gasteiger partial charge in [-0.05, 0) is 115 Å². The Morgan fingerprint density at radius 3 is 2.49 bits per heavy atom. The molecule has 37 heavy (non-hydrogen) atoms. The maximum absolute atomic E-state index is 12.9. The second kappa shape index (κ2) is 11.4. The topological polar surface area (TPSA) is 140 Å². The fourth-order valence-electron chi connectivity index (χ4n) is 3.60. The molecule has 0 saturated heterocycles. The molecule has 1 amide bonds. The van der Waals surface area contributed by atoms with Gasteiger partial charge in [-0.15, -0.1) is 0 Å². The summed E-state index contributed by atoms with van der Waals surface area (Å²) in [5, 5.41) is 15.9. The summed E-state index contributed by atoms with van der Waals surface area (Å²) in [4.78, 5) is 42.0. The number of phenolic OH excluding ortho intramolecular Hbond substituents is 1. The maximum atomic E-state index is 12.9. The summed E-state index contributed by atoms with van der Waals surface area (Å²) >= 11 is 4.08. The molecule has 0 aliphatic carbocycles. The largest absolute Gasteiger partial charge is 0.506 e. The van der Waals surface area contributed by atoms with E-state index >= 15 is 0 Å². The minimum atomic E-state index is -0.915. The van der Waals surface area contributed by atoms with E-state index in [0.29, 0.717) is 23.9 Å². The molecule has 0 aliphatic rings. The monoisotopic (exact) mass is 735 g/mol. The first kappa shape index (κ1) is 28.9. The van der Waals surface area contributed by atoms with Gasteiger partial charge in [0.2, 0.25) is 0 Å². The molecular formula is C25H27I2N3O7. The van der Waals surface area contributed by atoms with Gasteiger partial charge in [0.1, 0.15) is 17.4 Å². The first-order valence-corrected chi connectivity index (χ1v) is 13.3. The Kier molecular flexibility index (Phi) is 8.93. The summed E-state index contributed by atoms with van der Waals surface area (Å²) < 4.78 is 17.0. The minimum absolute atomic E-state index is 0.152. The van der Waals surface area contributed by atoms with Gasteiger partial charge in [0.25, 0.3) is 6.01 Å². The van der Waals surface area contributed by atoms with Crippen LogP contribution in [0.2, 0.25) is 0 Å². The number of anilines is 2. The zero-order valence-corrected chi connectivity index (χ0v) is 25.4. The molecule has 2 aromatic carbocycles. The van der Waals surface area contributed by atoms with Crippen LogP contribution >= 0.6 is 45.2 Å². The van der Waals surface area contributed by atoms with E-state index in [1.165, 1.54) is 7.11 Å². The highest BCUT2D eigenvalue weighted by molar-refractivity contribution is 14.1. The molecule has 10 nitrogen and oxygen atoms in total. The number of fused-ring (bicyclic) bond motifs is 1. The van der Waals surface area contributed by atoms with Crippen molar-refractivity contribution < 1.29 is 28.6 Å². The second-order valence-corrected chi connectivity index (χ2v) is 11.5. The summed E-state index contributed by atoms with van der Waals surface area (Å²) in [7, 11) is 1.26. The first-order valence-electron chi connectivity index (χ1n) is 11.2. The van der Waals surface area contributed by atoms with E-state index in [1.54, 1.807) is 45.9 Å². The molecule has 198 valence electrons. The highest BCUT2D eigenvalue weighted by atomic mass is 127. The van der Waals surface area contributed by atoms with Gasteiger partial charge >= 0.3 is 17.7 Å². The van der Waals surface area contributed by atoms with Crippen molar-refractivity contribution in [1.82, 2.24) is 4.98 Å². The number of esters is 1. The van der Waals surface area contributed by atoms with Gasteiger partial charge in [0.05, 0.1) is 25.2 Å². The van der Waals surface area contributed by atoms with Crippen molar-refractivity contribution in [1.29, 1.82) is 0 Å². The number of hydrogen-bond donors (Lipinski definition) is 3. The Morgan fingerprint density at radius 1 is 1.19 bits per heavy atom. The number of aryl methyl sites for hydroxylation is 1. The van der Waals surface area contributed by atoms with Crippen LogP contribution in [0.5, 0.6) is 5.75 Å². The molecule has 12 heteroatoms. The van der Waals surface area contributed by atoms with E-state index in [9.17, 15) is 19.5 Å². The second-order valence-electron chi connectivity index (χ2n) is 9.29. The molecule has 0 aliphatic heterocycles. The predicted molar refractivity (Wildman–Crippen MR) is 156 cm³/mol. The summed E-state index contributed by atoms with van der Waals surface area (Å²) in [5.74, 6) is -0.391. The Labute approximate surface area is 240 Å². The normalized spacial score (nSPS) is 12.2. The number of ether oxygens (including phenoxy) is 2. The Bertz CT molecular complexity index is 1430. The standard InChI is InChI=1S/C25H27I2N3O7/c1-11-13(9-14(26)20(31)19(11)27)10-17(21(32)35-6)29-23-28-16-8-7-15(12(2)18(16)22(33)36-23)30-24(34)37-25(3,4)5/h7-9,17,31H,10H2,1-6H3,(H,28,29)(H,30,34)/t17-/m0/s1. The zero-order chi connectivity index (χ0) is 27.7. The summed E-state index contributed by atoms with van der Waals surface area (Å²) in [5.41, 5.74) is 1.43. The van der Waals surface area contributed by atoms with Crippen LogP contribution < -0.4 is 16.3 Å². The fraction of sp³-hybridized carbons (Fsp3) is 0.360. The van der Waals surface area contributed by atoms with E-state index < -0.39 is 29.3 Å². The van der Waals surface area contributed by atoms with Crippen LogP contribution in [-0.2, 0) is 20.7 Å². The van der Waals surface area contributed by atoms with E-state index in [1.807, 2.05) is 29.5 Å². The molecule has 0 radical (unpaired) electrons. The van der Waals surface area contributed by atoms with E-state index in [2.05, 4.69) is 38.2 Å². The van der Waals surface area contributed by atoms with Crippen LogP contribution in [-0.4, -0.2) is 40.9 Å². The molecule has 1 atom stereocenters. The quantitative estimate of drug-likeness (QED) is 0.229. The van der Waals surface area contributed by atoms with Crippen LogP contribution in [0.3, 0.4) is 0 Å². The van der Waals surface area contributed by atoms with E-state index in [-0.39, 0.29) is 23.6 Å². The van der Waals surface area contributed by atoms with Crippen LogP contribution in [0.15, 0.2) is 27.4 Å². The van der Waals surface area contributed by atoms with Crippen molar-refractivity contribution in [3.8, 4) is 5.75 Å². The van der Waals surface area contributed by atoms with E-state index in [0.717, 1.165) is 11.1 Å². The molecule has 0 spiro atoms. The Hall–Kier alpha value is -2.62. The molecule has 0 bridgehead atoms. The molecular weight excluding hydrogens is 708 g/mol. The van der Waals surface area contributed by atoms with Gasteiger partial charge in [-0.3, -0.25) is 5.32 Å². The van der Waals surface area contributed by atoms with Crippen LogP contribution in [0, 0.1) is 21.0 Å². The average Bonchev–Trinajstić information content (AvgIpc) is 2.80. The Morgan fingerprint density at radius 2 is 1.86 bits per heavy atom. The molecule has 0 saturated carbocycles. The third kappa shape index (κ3) is 6.83. The SMILES string of the molecule is COC(=O)[C@H](Cc1cc(I)c(O)c(I)c1C)Nc1nc2ccc(NC(=O)OC(C)(C)C)c(C)c2c(=O)o1. The summed E-state index contributed by atoms with van der Waals surface area (Å²) in [6, 6.07) is 3.90. The third-order valence-electron chi connectivity index (χ3n) is 5.45. The van der Waals surface area contributed by atoms with Crippen molar-refractivity contribution in [2.24, 2.45) is 0 Å². The van der Waals surface area contributed by atoms with Gasteiger partial charge < -0.3 is 24.3 Å². The number of amides is 1. The number of aromatic hydroxyl groups is 1. The first-order chi connectivity index (χ1) is 17.2. The molecule has 3 N–H and O–H groups in total. The molecule has 0 fully saturated rings. The van der Waals surface area contributed by atoms with Crippen LogP contribution in [0.25, 0.3) is 10.9 Å². The van der Waals surface area contributed by atoms with Gasteiger partial charge in [-0.2, -0.15) is 4.98 Å². The fourth-order valence-corrected chi connectivity index (χ4v) is 5.40. The average molecular weight is 735 g/mol. The lowest BCUT2D eigenvalue weighted by Gasteiger charge is -2.20. The number of aromatic nitrogens is 1. The lowest BCUT2D eigenvalue weighted by molar-refractivity contribution is -0.141. The number of phenols is 1. The lowest BCUT2D eigenvalue weighted by atomic mass is 10.0. The molecule has 1 heterocycles. The van der Waals surface area contributed by atoms with Crippen LogP contribution in [0.1, 0.15) is 37.5 Å². The van der Waals surface area contributed by atoms with E-state index in [4.69, 9.17) is 13.9 Å². The number of benzene rings is 2. The summed E-state index contributed by atoms with van der Waals surface area (Å²) in [6.07, 6.45) is -0.452. The number of nitrogens with zero attached hydrogens (tertiary/aromatic N) is 1. The van der Waals surface area contributed by atoms with Gasteiger partial charge in [0.15, 0.2) is 0 Å². The number of carbonyl (C=O) groups is 2. The predicted octanol–water partition coefficient (Wildman–Crippen LogP) is 5.26. The minimum Gasteiger partial charge on any atom is -0.506 e. The number of halogens is 2. The van der Waals surface area contributed by atoms with Crippen molar-refractivity contribution in [3.63, 3.8) is 0 Å². The van der Waals surface area contributed by atoms with Crippen LogP contribution in [0.4, 0.5) is 16.5 Å². The Balaban J connectivity index is 1.93. The smallest absolute Gasteiger partial charge is 0.412 e. The molecule has 3 aromatic rings. The van der Waals surface area contributed by atoms with Gasteiger partial charge in [-0.1, -0.05) is 0 Å². The zero-order valence-electron chi connectivity index (χ0n) is 21.1. The number of nitrogens with one attached hydrogen (secondary N) is 2. The van der Waals surface area contributed by atoms with Crippen molar-refractivity contribution in [2.45, 2.75) is 52.7 Å². The molecule has 0 unspecified atom stereocenters. The molecule has 1 aromatic heterocycles. The number of rotatable bonds is 6. The van der Waals surface area contributed by atoms with Crippen molar-refractivity contribution >= 4 is 79.8 Å². The number of hydrogen-bond acceptors (Lipinski definition) is 9. The van der Waals surface area contributed by atoms with Crippen molar-refractivity contribution in [2.75, 3.05) is 17.7 Å². The van der Waals surface area contributed by atoms with Gasteiger partial charge in [0, 0.05) is 12.1 Å². The van der Waals surface area contributed by atoms with Gasteiger partial charge in [-0.25, -0.2) is 14.4 Å². The van der Waals surface area contributed by atoms with Crippen molar-refractivity contribution in [3.05, 3.63) is 52.4 Å². The third-order valence-corrected chi connectivity index (χ3v) is 7.59. The maximum Gasteiger partial charge on any atom is 0.412 e. The molecule has 3 rings (SSSR count). The lowest BCUT2D eigenvalue weighted by Crippen LogP contribution is -2.34. The summed E-state index contributed by atoms with van der Waals surface area (Å²) in [6.45, 7) is 8.76. The highest BCUT2D eigenvalue weighted by Gasteiger charge is 2.25. The highest BCUT2D eigenvalue weighted by Crippen LogP contribution is 2.32.